The number of hydrogen-bond acceptors (Lipinski definition) is 4. The molecular weight excluding hydrogens is 229 g/mol. The van der Waals surface area contributed by atoms with Crippen LogP contribution in [0.25, 0.3) is 0 Å². The van der Waals surface area contributed by atoms with Crippen LogP contribution in [0.2, 0.25) is 0 Å². The van der Waals surface area contributed by atoms with Crippen molar-refractivity contribution in [2.45, 2.75) is 26.3 Å². The first-order valence-electron chi connectivity index (χ1n) is 6.30. The number of unbranched alkanes of at least 4 members (excludes halogenated alkanes) is 1. The summed E-state index contributed by atoms with van der Waals surface area (Å²) in [6.07, 6.45) is 2.32. The van der Waals surface area contributed by atoms with E-state index in [4.69, 9.17) is 4.74 Å². The lowest BCUT2D eigenvalue weighted by molar-refractivity contribution is 0.312. The predicted octanol–water partition coefficient (Wildman–Crippen LogP) is 0.607. The van der Waals surface area contributed by atoms with E-state index < -0.39 is 7.12 Å². The van der Waals surface area contributed by atoms with Crippen molar-refractivity contribution in [3.8, 4) is 5.75 Å². The van der Waals surface area contributed by atoms with E-state index in [2.05, 4.69) is 18.9 Å². The molecule has 100 valence electrons. The van der Waals surface area contributed by atoms with Gasteiger partial charge < -0.3 is 19.7 Å². The summed E-state index contributed by atoms with van der Waals surface area (Å²) in [5.74, 6) is 0.780. The Morgan fingerprint density at radius 3 is 2.61 bits per heavy atom. The molecule has 0 radical (unpaired) electrons. The van der Waals surface area contributed by atoms with Gasteiger partial charge in [-0.05, 0) is 31.5 Å². The first kappa shape index (κ1) is 15.0. The standard InChI is InChI=1S/C13H22BNO3/c1-4-5-8-15(2)10-11-9-12(14(16)17)6-7-13(11)18-3/h6-7,9,16-17H,4-5,8,10H2,1-3H3. The van der Waals surface area contributed by atoms with Gasteiger partial charge in [0.05, 0.1) is 7.11 Å². The smallest absolute Gasteiger partial charge is 0.488 e. The maximum absolute atomic E-state index is 9.19. The highest BCUT2D eigenvalue weighted by Crippen LogP contribution is 2.18. The van der Waals surface area contributed by atoms with Crippen LogP contribution in [0, 0.1) is 0 Å². The van der Waals surface area contributed by atoms with Gasteiger partial charge in [-0.1, -0.05) is 25.5 Å². The largest absolute Gasteiger partial charge is 0.496 e. The van der Waals surface area contributed by atoms with E-state index in [9.17, 15) is 10.0 Å². The van der Waals surface area contributed by atoms with Gasteiger partial charge >= 0.3 is 7.12 Å². The molecule has 0 heterocycles. The van der Waals surface area contributed by atoms with E-state index >= 15 is 0 Å². The molecule has 1 aromatic carbocycles. The molecule has 0 atom stereocenters. The highest BCUT2D eigenvalue weighted by atomic mass is 16.5. The van der Waals surface area contributed by atoms with Crippen LogP contribution in [-0.2, 0) is 6.54 Å². The van der Waals surface area contributed by atoms with Crippen molar-refractivity contribution in [2.75, 3.05) is 20.7 Å². The summed E-state index contributed by atoms with van der Waals surface area (Å²) in [6.45, 7) is 3.92. The molecule has 1 rings (SSSR count). The Morgan fingerprint density at radius 1 is 1.33 bits per heavy atom. The van der Waals surface area contributed by atoms with Crippen molar-refractivity contribution in [3.63, 3.8) is 0 Å². The van der Waals surface area contributed by atoms with E-state index in [0.717, 1.165) is 37.2 Å². The van der Waals surface area contributed by atoms with Gasteiger partial charge in [-0.15, -0.1) is 0 Å². The number of methoxy groups -OCH3 is 1. The minimum atomic E-state index is -1.43. The Bertz CT molecular complexity index is 371. The topological polar surface area (TPSA) is 52.9 Å². The quantitative estimate of drug-likeness (QED) is 0.697. The Morgan fingerprint density at radius 2 is 2.06 bits per heavy atom. The molecule has 1 aromatic rings. The zero-order valence-corrected chi connectivity index (χ0v) is 11.4. The Labute approximate surface area is 109 Å². The predicted molar refractivity (Wildman–Crippen MR) is 74.1 cm³/mol. The number of benzene rings is 1. The molecule has 5 heteroatoms. The van der Waals surface area contributed by atoms with Gasteiger partial charge in [0.1, 0.15) is 5.75 Å². The SMILES string of the molecule is CCCCN(C)Cc1cc(B(O)O)ccc1OC. The molecule has 0 aromatic heterocycles. The monoisotopic (exact) mass is 251 g/mol. The maximum Gasteiger partial charge on any atom is 0.488 e. The first-order valence-corrected chi connectivity index (χ1v) is 6.30. The summed E-state index contributed by atoms with van der Waals surface area (Å²) >= 11 is 0. The Kier molecular flexibility index (Phi) is 6.19. The molecule has 0 amide bonds. The van der Waals surface area contributed by atoms with Gasteiger partial charge in [-0.25, -0.2) is 0 Å². The summed E-state index contributed by atoms with van der Waals surface area (Å²) in [6, 6.07) is 5.22. The van der Waals surface area contributed by atoms with Crippen LogP contribution < -0.4 is 10.2 Å². The third-order valence-corrected chi connectivity index (χ3v) is 2.94. The molecule has 0 saturated heterocycles. The summed E-state index contributed by atoms with van der Waals surface area (Å²) in [7, 11) is 2.24. The highest BCUT2D eigenvalue weighted by molar-refractivity contribution is 6.58. The fourth-order valence-corrected chi connectivity index (χ4v) is 1.88. The van der Waals surface area contributed by atoms with Crippen LogP contribution in [-0.4, -0.2) is 42.8 Å². The fraction of sp³-hybridized carbons (Fsp3) is 0.538. The van der Waals surface area contributed by atoms with Crippen molar-refractivity contribution < 1.29 is 14.8 Å². The lowest BCUT2D eigenvalue weighted by atomic mass is 9.79. The molecule has 18 heavy (non-hydrogen) atoms. The first-order chi connectivity index (χ1) is 8.58. The van der Waals surface area contributed by atoms with E-state index in [-0.39, 0.29) is 0 Å². The van der Waals surface area contributed by atoms with Gasteiger partial charge in [-0.3, -0.25) is 0 Å². The summed E-state index contributed by atoms with van der Waals surface area (Å²) in [5, 5.41) is 18.4. The Hall–Kier alpha value is -1.04. The molecule has 4 nitrogen and oxygen atoms in total. The highest BCUT2D eigenvalue weighted by Gasteiger charge is 2.14. The molecule has 0 aliphatic rings. The summed E-state index contributed by atoms with van der Waals surface area (Å²) in [4.78, 5) is 2.20. The van der Waals surface area contributed by atoms with Crippen LogP contribution >= 0.6 is 0 Å². The van der Waals surface area contributed by atoms with Gasteiger partial charge in [0.25, 0.3) is 0 Å². The van der Waals surface area contributed by atoms with Crippen LogP contribution in [0.3, 0.4) is 0 Å². The van der Waals surface area contributed by atoms with Crippen LogP contribution in [0.5, 0.6) is 5.75 Å². The van der Waals surface area contributed by atoms with Crippen molar-refractivity contribution >= 4 is 12.6 Å². The lowest BCUT2D eigenvalue weighted by Crippen LogP contribution is -2.30. The van der Waals surface area contributed by atoms with Gasteiger partial charge in [0, 0.05) is 12.1 Å². The van der Waals surface area contributed by atoms with E-state index in [1.165, 1.54) is 0 Å². The van der Waals surface area contributed by atoms with Crippen molar-refractivity contribution in [1.82, 2.24) is 4.90 Å². The zero-order chi connectivity index (χ0) is 13.5. The average molecular weight is 251 g/mol. The normalized spacial score (nSPS) is 10.8. The third kappa shape index (κ3) is 4.33. The number of hydrogen-bond donors (Lipinski definition) is 2. The molecule has 0 saturated carbocycles. The van der Waals surface area contributed by atoms with Crippen molar-refractivity contribution in [2.24, 2.45) is 0 Å². The van der Waals surface area contributed by atoms with Crippen LogP contribution in [0.4, 0.5) is 0 Å². The van der Waals surface area contributed by atoms with Crippen molar-refractivity contribution in [1.29, 1.82) is 0 Å². The number of nitrogens with zero attached hydrogens (tertiary/aromatic N) is 1. The third-order valence-electron chi connectivity index (χ3n) is 2.94. The molecule has 0 aliphatic carbocycles. The second-order valence-corrected chi connectivity index (χ2v) is 4.54. The molecule has 0 unspecified atom stereocenters. The average Bonchev–Trinajstić information content (AvgIpc) is 2.36. The zero-order valence-electron chi connectivity index (χ0n) is 11.4. The number of rotatable bonds is 7. The molecule has 0 spiro atoms. The lowest BCUT2D eigenvalue weighted by Gasteiger charge is -2.18. The molecule has 2 N–H and O–H groups in total. The van der Waals surface area contributed by atoms with E-state index in [1.807, 2.05) is 0 Å². The molecular formula is C13H22BNO3. The summed E-state index contributed by atoms with van der Waals surface area (Å²) in [5.41, 5.74) is 1.47. The second kappa shape index (κ2) is 7.41. The molecule has 0 bridgehead atoms. The van der Waals surface area contributed by atoms with Gasteiger partial charge in [0.15, 0.2) is 0 Å². The fourth-order valence-electron chi connectivity index (χ4n) is 1.88. The van der Waals surface area contributed by atoms with Crippen LogP contribution in [0.1, 0.15) is 25.3 Å². The molecule has 0 fully saturated rings. The summed E-state index contributed by atoms with van der Waals surface area (Å²) < 4.78 is 5.30. The van der Waals surface area contributed by atoms with Crippen molar-refractivity contribution in [3.05, 3.63) is 23.8 Å². The van der Waals surface area contributed by atoms with E-state index in [0.29, 0.717) is 5.46 Å². The minimum Gasteiger partial charge on any atom is -0.496 e. The molecule has 0 aliphatic heterocycles. The maximum atomic E-state index is 9.19. The number of ether oxygens (including phenoxy) is 1. The van der Waals surface area contributed by atoms with Crippen LogP contribution in [0.15, 0.2) is 18.2 Å². The van der Waals surface area contributed by atoms with Gasteiger partial charge in [-0.2, -0.15) is 0 Å². The Balaban J connectivity index is 2.80. The second-order valence-electron chi connectivity index (χ2n) is 4.54. The minimum absolute atomic E-state index is 0.495. The van der Waals surface area contributed by atoms with Gasteiger partial charge in [0.2, 0.25) is 0 Å². The van der Waals surface area contributed by atoms with E-state index in [1.54, 1.807) is 25.3 Å².